The summed E-state index contributed by atoms with van der Waals surface area (Å²) in [5.74, 6) is 1.49. The maximum absolute atomic E-state index is 11.3. The normalized spacial score (nSPS) is 11.8. The highest BCUT2D eigenvalue weighted by molar-refractivity contribution is 6.64. The number of methoxy groups -OCH3 is 3. The van der Waals surface area contributed by atoms with E-state index in [0.29, 0.717) is 30.1 Å². The Hall–Kier alpha value is -1.42. The molecule has 0 aromatic heterocycles. The molecule has 0 aliphatic carbocycles. The third kappa shape index (κ3) is 3.77. The van der Waals surface area contributed by atoms with Gasteiger partial charge in [0, 0.05) is 5.92 Å². The minimum absolute atomic E-state index is 0.204. The molecule has 1 aromatic carbocycles. The number of carbonyl (C=O) groups is 1. The molecule has 0 N–H and O–H groups in total. The van der Waals surface area contributed by atoms with Gasteiger partial charge in [-0.15, -0.1) is 0 Å². The lowest BCUT2D eigenvalue weighted by molar-refractivity contribution is -0.115. The summed E-state index contributed by atoms with van der Waals surface area (Å²) in [6, 6.07) is 3.67. The Balaban J connectivity index is 3.12. The van der Waals surface area contributed by atoms with Gasteiger partial charge in [0.1, 0.15) is 0 Å². The highest BCUT2D eigenvalue weighted by atomic mass is 35.5. The van der Waals surface area contributed by atoms with E-state index in [1.54, 1.807) is 21.3 Å². The molecule has 0 fully saturated rings. The average Bonchev–Trinajstić information content (AvgIpc) is 2.42. The first kappa shape index (κ1) is 15.6. The Morgan fingerprint density at radius 3 is 2.00 bits per heavy atom. The van der Waals surface area contributed by atoms with Gasteiger partial charge in [-0.25, -0.2) is 0 Å². The molecule has 0 bridgehead atoms. The fourth-order valence-electron chi connectivity index (χ4n) is 1.92. The molecule has 19 heavy (non-hydrogen) atoms. The van der Waals surface area contributed by atoms with Crippen LogP contribution in [0, 0.1) is 5.92 Å². The molecule has 1 unspecified atom stereocenters. The number of rotatable bonds is 7. The molecule has 1 atom stereocenters. The first-order valence-electron chi connectivity index (χ1n) is 6.05. The van der Waals surface area contributed by atoms with Gasteiger partial charge in [-0.2, -0.15) is 0 Å². The van der Waals surface area contributed by atoms with Crippen molar-refractivity contribution < 1.29 is 19.0 Å². The first-order chi connectivity index (χ1) is 9.07. The molecule has 5 heteroatoms. The van der Waals surface area contributed by atoms with Crippen molar-refractivity contribution in [2.45, 2.75) is 19.8 Å². The molecule has 1 rings (SSSR count). The van der Waals surface area contributed by atoms with E-state index in [4.69, 9.17) is 25.8 Å². The highest BCUT2D eigenvalue weighted by Gasteiger charge is 2.18. The van der Waals surface area contributed by atoms with Crippen LogP contribution < -0.4 is 14.2 Å². The van der Waals surface area contributed by atoms with Crippen LogP contribution in [0.4, 0.5) is 0 Å². The van der Waals surface area contributed by atoms with Gasteiger partial charge >= 0.3 is 0 Å². The number of hydrogen-bond acceptors (Lipinski definition) is 4. The van der Waals surface area contributed by atoms with Crippen molar-refractivity contribution in [3.05, 3.63) is 17.7 Å². The van der Waals surface area contributed by atoms with Crippen LogP contribution in [0.25, 0.3) is 0 Å². The van der Waals surface area contributed by atoms with Gasteiger partial charge in [0.05, 0.1) is 21.3 Å². The van der Waals surface area contributed by atoms with Gasteiger partial charge < -0.3 is 14.2 Å². The third-order valence-corrected chi connectivity index (χ3v) is 3.33. The van der Waals surface area contributed by atoms with Crippen LogP contribution >= 0.6 is 11.6 Å². The topological polar surface area (TPSA) is 44.8 Å². The fraction of sp³-hybridized carbons (Fsp3) is 0.500. The number of ether oxygens (including phenoxy) is 3. The summed E-state index contributed by atoms with van der Waals surface area (Å²) in [5, 5.41) is -0.323. The molecular weight excluding hydrogens is 268 g/mol. The molecule has 106 valence electrons. The van der Waals surface area contributed by atoms with Crippen molar-refractivity contribution in [1.82, 2.24) is 0 Å². The summed E-state index contributed by atoms with van der Waals surface area (Å²) in [7, 11) is 4.67. The van der Waals surface area contributed by atoms with Crippen molar-refractivity contribution in [3.63, 3.8) is 0 Å². The van der Waals surface area contributed by atoms with Crippen LogP contribution in [0.15, 0.2) is 12.1 Å². The Kier molecular flexibility index (Phi) is 5.96. The largest absolute Gasteiger partial charge is 0.493 e. The summed E-state index contributed by atoms with van der Waals surface area (Å²) in [6.45, 7) is 1.93. The van der Waals surface area contributed by atoms with Crippen molar-refractivity contribution in [2.24, 2.45) is 5.92 Å². The third-order valence-electron chi connectivity index (χ3n) is 3.02. The SMILES string of the molecule is CCC(Cc1cc(OC)c(OC)c(OC)c1)C(=O)Cl. The molecule has 0 aliphatic rings. The lowest BCUT2D eigenvalue weighted by Crippen LogP contribution is -2.11. The number of hydrogen-bond donors (Lipinski definition) is 0. The lowest BCUT2D eigenvalue weighted by Gasteiger charge is -2.16. The molecule has 0 saturated heterocycles. The minimum Gasteiger partial charge on any atom is -0.493 e. The molecule has 0 radical (unpaired) electrons. The van der Waals surface area contributed by atoms with Gasteiger partial charge in [0.2, 0.25) is 11.0 Å². The highest BCUT2D eigenvalue weighted by Crippen LogP contribution is 2.38. The second-order valence-corrected chi connectivity index (χ2v) is 4.52. The van der Waals surface area contributed by atoms with Crippen molar-refractivity contribution in [2.75, 3.05) is 21.3 Å². The molecule has 4 nitrogen and oxygen atoms in total. The van der Waals surface area contributed by atoms with Crippen LogP contribution in [-0.4, -0.2) is 26.6 Å². The van der Waals surface area contributed by atoms with Gasteiger partial charge in [-0.1, -0.05) is 6.92 Å². The van der Waals surface area contributed by atoms with E-state index in [1.165, 1.54) is 0 Å². The zero-order valence-electron chi connectivity index (χ0n) is 11.7. The van der Waals surface area contributed by atoms with E-state index in [2.05, 4.69) is 0 Å². The quantitative estimate of drug-likeness (QED) is 0.723. The van der Waals surface area contributed by atoms with Crippen molar-refractivity contribution in [1.29, 1.82) is 0 Å². The second kappa shape index (κ2) is 7.24. The molecule has 0 heterocycles. The predicted octanol–water partition coefficient (Wildman–Crippen LogP) is 3.05. The summed E-state index contributed by atoms with van der Waals surface area (Å²) in [6.07, 6.45) is 1.24. The van der Waals surface area contributed by atoms with Gasteiger partial charge in [0.25, 0.3) is 0 Å². The predicted molar refractivity (Wildman–Crippen MR) is 74.4 cm³/mol. The smallest absolute Gasteiger partial charge is 0.225 e. The summed E-state index contributed by atoms with van der Waals surface area (Å²) in [4.78, 5) is 11.3. The van der Waals surface area contributed by atoms with Gasteiger partial charge in [-0.05, 0) is 42.1 Å². The Morgan fingerprint density at radius 1 is 1.16 bits per heavy atom. The van der Waals surface area contributed by atoms with E-state index >= 15 is 0 Å². The first-order valence-corrected chi connectivity index (χ1v) is 6.43. The van der Waals surface area contributed by atoms with Crippen LogP contribution in [0.5, 0.6) is 17.2 Å². The van der Waals surface area contributed by atoms with Crippen LogP contribution in [0.3, 0.4) is 0 Å². The summed E-state index contributed by atoms with van der Waals surface area (Å²) >= 11 is 5.57. The van der Waals surface area contributed by atoms with E-state index < -0.39 is 0 Å². The Labute approximate surface area is 118 Å². The number of carbonyl (C=O) groups excluding carboxylic acids is 1. The van der Waals surface area contributed by atoms with Gasteiger partial charge in [-0.3, -0.25) is 4.79 Å². The maximum atomic E-state index is 11.3. The van der Waals surface area contributed by atoms with Crippen LogP contribution in [0.1, 0.15) is 18.9 Å². The number of benzene rings is 1. The summed E-state index contributed by atoms with van der Waals surface area (Å²) in [5.41, 5.74) is 0.926. The average molecular weight is 287 g/mol. The molecule has 0 spiro atoms. The Bertz CT molecular complexity index is 420. The zero-order valence-corrected chi connectivity index (χ0v) is 12.4. The van der Waals surface area contributed by atoms with Crippen molar-refractivity contribution >= 4 is 16.8 Å². The fourth-order valence-corrected chi connectivity index (χ4v) is 2.15. The monoisotopic (exact) mass is 286 g/mol. The minimum atomic E-state index is -0.323. The van der Waals surface area contributed by atoms with E-state index in [9.17, 15) is 4.79 Å². The molecule has 0 saturated carbocycles. The number of halogens is 1. The van der Waals surface area contributed by atoms with E-state index in [-0.39, 0.29) is 11.2 Å². The Morgan fingerprint density at radius 2 is 1.68 bits per heavy atom. The van der Waals surface area contributed by atoms with Crippen molar-refractivity contribution in [3.8, 4) is 17.2 Å². The second-order valence-electron chi connectivity index (χ2n) is 4.15. The van der Waals surface area contributed by atoms with Crippen LogP contribution in [-0.2, 0) is 11.2 Å². The molecular formula is C14H19ClO4. The molecule has 0 aliphatic heterocycles. The zero-order chi connectivity index (χ0) is 14.4. The van der Waals surface area contributed by atoms with Crippen LogP contribution in [0.2, 0.25) is 0 Å². The van der Waals surface area contributed by atoms with E-state index in [0.717, 1.165) is 5.56 Å². The maximum Gasteiger partial charge on any atom is 0.225 e. The lowest BCUT2D eigenvalue weighted by atomic mass is 9.97. The molecule has 1 aromatic rings. The van der Waals surface area contributed by atoms with E-state index in [1.807, 2.05) is 19.1 Å². The van der Waals surface area contributed by atoms with Gasteiger partial charge in [0.15, 0.2) is 11.5 Å². The standard InChI is InChI=1S/C14H19ClO4/c1-5-10(14(15)16)6-9-7-11(17-2)13(19-4)12(8-9)18-3/h7-8,10H,5-6H2,1-4H3. The summed E-state index contributed by atoms with van der Waals surface area (Å²) < 4.78 is 15.8. The molecule has 0 amide bonds.